The summed E-state index contributed by atoms with van der Waals surface area (Å²) in [6.45, 7) is 0.920. The number of benzene rings is 2. The molecule has 0 amide bonds. The summed E-state index contributed by atoms with van der Waals surface area (Å²) in [6, 6.07) is 12.7. The van der Waals surface area contributed by atoms with E-state index in [4.69, 9.17) is 4.42 Å². The molecule has 1 aliphatic rings. The molecule has 0 atom stereocenters. The Kier molecular flexibility index (Phi) is 3.92. The molecule has 144 valence electrons. The van der Waals surface area contributed by atoms with Gasteiger partial charge in [-0.3, -0.25) is 4.98 Å². The second-order valence-corrected chi connectivity index (χ2v) is 9.08. The van der Waals surface area contributed by atoms with Crippen LogP contribution >= 0.6 is 0 Å². The first-order valence-corrected chi connectivity index (χ1v) is 10.7. The number of fused-ring (bicyclic) bond motifs is 2. The summed E-state index contributed by atoms with van der Waals surface area (Å²) in [4.78, 5) is 17.3. The maximum atomic E-state index is 13.0. The van der Waals surface area contributed by atoms with E-state index >= 15 is 0 Å². The van der Waals surface area contributed by atoms with E-state index in [0.29, 0.717) is 24.5 Å². The summed E-state index contributed by atoms with van der Waals surface area (Å²) in [5.74, 6) is -0.267. The predicted octanol–water partition coefficient (Wildman–Crippen LogP) is 3.17. The van der Waals surface area contributed by atoms with Crippen LogP contribution in [-0.4, -0.2) is 35.8 Å². The van der Waals surface area contributed by atoms with Gasteiger partial charge in [0.25, 0.3) is 0 Å². The average Bonchev–Trinajstić information content (AvgIpc) is 3.30. The van der Waals surface area contributed by atoms with Crippen LogP contribution in [0.3, 0.4) is 0 Å². The molecule has 2 aromatic carbocycles. The first-order chi connectivity index (χ1) is 13.5. The minimum absolute atomic E-state index is 0.147. The van der Waals surface area contributed by atoms with E-state index in [1.807, 2.05) is 24.4 Å². The number of nitrogens with one attached hydrogen (secondary N) is 2. The van der Waals surface area contributed by atoms with Crippen LogP contribution in [0.25, 0.3) is 22.0 Å². The summed E-state index contributed by atoms with van der Waals surface area (Å²) in [5.41, 5.74) is 3.10. The van der Waals surface area contributed by atoms with Gasteiger partial charge in [0.05, 0.1) is 10.4 Å². The van der Waals surface area contributed by atoms with E-state index in [2.05, 4.69) is 16.0 Å². The van der Waals surface area contributed by atoms with Crippen molar-refractivity contribution in [2.45, 2.75) is 23.7 Å². The molecule has 0 aliphatic carbocycles. The van der Waals surface area contributed by atoms with Crippen LogP contribution in [0.5, 0.6) is 0 Å². The van der Waals surface area contributed by atoms with Gasteiger partial charge in [-0.15, -0.1) is 0 Å². The largest absolute Gasteiger partial charge is 0.417 e. The van der Waals surface area contributed by atoms with E-state index in [1.165, 1.54) is 27.4 Å². The van der Waals surface area contributed by atoms with Crippen LogP contribution in [0.2, 0.25) is 0 Å². The smallest absolute Gasteiger partial charge is 0.408 e. The normalized spacial score (nSPS) is 16.9. The zero-order valence-electron chi connectivity index (χ0n) is 15.0. The molecule has 1 aliphatic heterocycles. The summed E-state index contributed by atoms with van der Waals surface area (Å²) in [6.07, 6.45) is 3.58. The third-order valence-corrected chi connectivity index (χ3v) is 7.44. The lowest BCUT2D eigenvalue weighted by Crippen LogP contribution is -2.37. The number of sulfonamides is 1. The Bertz CT molecular complexity index is 1320. The Labute approximate surface area is 161 Å². The van der Waals surface area contributed by atoms with Crippen molar-refractivity contribution in [3.05, 3.63) is 64.8 Å². The number of aromatic nitrogens is 2. The van der Waals surface area contributed by atoms with Gasteiger partial charge >= 0.3 is 5.76 Å². The highest BCUT2D eigenvalue weighted by molar-refractivity contribution is 7.89. The number of nitrogens with zero attached hydrogens (tertiary/aromatic N) is 1. The number of hydrogen-bond acceptors (Lipinski definition) is 4. The molecule has 5 rings (SSSR count). The molecule has 4 aromatic rings. The third-order valence-electron chi connectivity index (χ3n) is 5.55. The Balaban J connectivity index is 1.38. The lowest BCUT2D eigenvalue weighted by molar-refractivity contribution is 0.320. The summed E-state index contributed by atoms with van der Waals surface area (Å²) >= 11 is 0. The van der Waals surface area contributed by atoms with Crippen molar-refractivity contribution in [1.29, 1.82) is 0 Å². The molecule has 1 saturated heterocycles. The Morgan fingerprint density at radius 2 is 1.82 bits per heavy atom. The van der Waals surface area contributed by atoms with Crippen molar-refractivity contribution >= 4 is 32.0 Å². The molecule has 8 heteroatoms. The van der Waals surface area contributed by atoms with Gasteiger partial charge in [-0.05, 0) is 42.5 Å². The Morgan fingerprint density at radius 1 is 1.04 bits per heavy atom. The summed E-state index contributed by atoms with van der Waals surface area (Å²) < 4.78 is 32.6. The molecule has 0 unspecified atom stereocenters. The zero-order chi connectivity index (χ0) is 19.3. The van der Waals surface area contributed by atoms with Crippen LogP contribution < -0.4 is 5.76 Å². The molecular formula is C20H19N3O4S. The van der Waals surface area contributed by atoms with Gasteiger partial charge in [0.1, 0.15) is 0 Å². The second kappa shape index (κ2) is 6.35. The number of oxazole rings is 1. The van der Waals surface area contributed by atoms with Gasteiger partial charge in [-0.1, -0.05) is 18.2 Å². The zero-order valence-corrected chi connectivity index (χ0v) is 15.8. The fraction of sp³-hybridized carbons (Fsp3) is 0.250. The lowest BCUT2D eigenvalue weighted by atomic mass is 9.90. The van der Waals surface area contributed by atoms with Crippen molar-refractivity contribution in [3.63, 3.8) is 0 Å². The van der Waals surface area contributed by atoms with Crippen molar-refractivity contribution in [2.75, 3.05) is 13.1 Å². The number of piperidine rings is 1. The van der Waals surface area contributed by atoms with Crippen LogP contribution in [0, 0.1) is 0 Å². The average molecular weight is 397 g/mol. The van der Waals surface area contributed by atoms with Gasteiger partial charge in [0.15, 0.2) is 5.58 Å². The highest BCUT2D eigenvalue weighted by Crippen LogP contribution is 2.34. The lowest BCUT2D eigenvalue weighted by Gasteiger charge is -2.31. The van der Waals surface area contributed by atoms with Gasteiger partial charge in [-0.25, -0.2) is 13.2 Å². The highest BCUT2D eigenvalue weighted by atomic mass is 32.2. The van der Waals surface area contributed by atoms with Gasteiger partial charge < -0.3 is 9.40 Å². The van der Waals surface area contributed by atoms with Crippen molar-refractivity contribution in [2.24, 2.45) is 0 Å². The molecular weight excluding hydrogens is 378 g/mol. The second-order valence-electron chi connectivity index (χ2n) is 7.14. The summed E-state index contributed by atoms with van der Waals surface area (Å²) in [5, 5.41) is 1.21. The maximum Gasteiger partial charge on any atom is 0.417 e. The molecule has 2 N–H and O–H groups in total. The molecule has 1 fully saturated rings. The molecule has 7 nitrogen and oxygen atoms in total. The molecule has 28 heavy (non-hydrogen) atoms. The first kappa shape index (κ1) is 17.3. The van der Waals surface area contributed by atoms with E-state index in [0.717, 1.165) is 18.4 Å². The molecule has 2 aromatic heterocycles. The van der Waals surface area contributed by atoms with Gasteiger partial charge in [0, 0.05) is 36.3 Å². The van der Waals surface area contributed by atoms with Crippen LogP contribution in [0.4, 0.5) is 0 Å². The molecule has 0 spiro atoms. The highest BCUT2D eigenvalue weighted by Gasteiger charge is 2.31. The monoisotopic (exact) mass is 397 g/mol. The third kappa shape index (κ3) is 2.76. The standard InChI is InChI=1S/C20H19N3O4S/c24-20-22-18-6-5-14(11-19(18)27-20)28(25,26)23-9-7-13(8-10-23)16-12-21-17-4-2-1-3-15(16)17/h1-6,11-13,21H,7-10H2,(H,22,24). The molecule has 0 radical (unpaired) electrons. The fourth-order valence-corrected chi connectivity index (χ4v) is 5.56. The van der Waals surface area contributed by atoms with Crippen molar-refractivity contribution in [1.82, 2.24) is 14.3 Å². The van der Waals surface area contributed by atoms with Crippen molar-refractivity contribution < 1.29 is 12.8 Å². The van der Waals surface area contributed by atoms with E-state index in [-0.39, 0.29) is 10.5 Å². The van der Waals surface area contributed by atoms with Crippen LogP contribution in [0.15, 0.2) is 62.8 Å². The first-order valence-electron chi connectivity index (χ1n) is 9.21. The minimum atomic E-state index is -3.63. The number of H-pyrrole nitrogens is 2. The number of aromatic amines is 2. The van der Waals surface area contributed by atoms with Gasteiger partial charge in [0.2, 0.25) is 10.0 Å². The van der Waals surface area contributed by atoms with Crippen molar-refractivity contribution in [3.8, 4) is 0 Å². The van der Waals surface area contributed by atoms with Gasteiger partial charge in [-0.2, -0.15) is 4.31 Å². The van der Waals surface area contributed by atoms with Crippen LogP contribution in [0.1, 0.15) is 24.3 Å². The fourth-order valence-electron chi connectivity index (χ4n) is 4.07. The molecule has 3 heterocycles. The summed E-state index contributed by atoms with van der Waals surface area (Å²) in [7, 11) is -3.63. The molecule has 0 saturated carbocycles. The topological polar surface area (TPSA) is 99.2 Å². The van der Waals surface area contributed by atoms with Crippen LogP contribution in [-0.2, 0) is 10.0 Å². The van der Waals surface area contributed by atoms with E-state index in [9.17, 15) is 13.2 Å². The SMILES string of the molecule is O=c1[nH]c2ccc(S(=O)(=O)N3CCC(c4c[nH]c5ccccc45)CC3)cc2o1. The number of rotatable bonds is 3. The van der Waals surface area contributed by atoms with E-state index in [1.54, 1.807) is 6.07 Å². The maximum absolute atomic E-state index is 13.0. The Morgan fingerprint density at radius 3 is 2.64 bits per heavy atom. The number of para-hydroxylation sites is 1. The quantitative estimate of drug-likeness (QED) is 0.555. The Hall–Kier alpha value is -2.84. The number of hydrogen-bond donors (Lipinski definition) is 2. The predicted molar refractivity (Wildman–Crippen MR) is 106 cm³/mol. The van der Waals surface area contributed by atoms with E-state index < -0.39 is 15.8 Å². The minimum Gasteiger partial charge on any atom is -0.408 e. The molecule has 0 bridgehead atoms.